The lowest BCUT2D eigenvalue weighted by Gasteiger charge is -2.28. The van der Waals surface area contributed by atoms with Gasteiger partial charge in [0.25, 0.3) is 0 Å². The molecular weight excluding hydrogens is 333 g/mol. The molecule has 1 saturated carbocycles. The highest BCUT2D eigenvalue weighted by Gasteiger charge is 2.20. The van der Waals surface area contributed by atoms with Crippen LogP contribution in [-0.2, 0) is 6.42 Å². The molecule has 3 rings (SSSR count). The van der Waals surface area contributed by atoms with Gasteiger partial charge < -0.3 is 0 Å². The first-order valence-electron chi connectivity index (χ1n) is 9.80. The molecule has 0 aliphatic heterocycles. The van der Waals surface area contributed by atoms with Gasteiger partial charge in [-0.1, -0.05) is 63.6 Å². The first kappa shape index (κ1) is 19.0. The second-order valence-corrected chi connectivity index (χ2v) is 7.66. The van der Waals surface area contributed by atoms with Crippen molar-refractivity contribution in [2.45, 2.75) is 58.3 Å². The van der Waals surface area contributed by atoms with E-state index in [0.717, 1.165) is 42.4 Å². The van der Waals surface area contributed by atoms with Gasteiger partial charge in [-0.3, -0.25) is 0 Å². The topological polar surface area (TPSA) is 0 Å². The van der Waals surface area contributed by atoms with E-state index in [1.54, 1.807) is 12.1 Å². The third-order valence-corrected chi connectivity index (χ3v) is 5.77. The molecule has 0 nitrogen and oxygen atoms in total. The van der Waals surface area contributed by atoms with Crippen LogP contribution in [0, 0.1) is 29.3 Å². The highest BCUT2D eigenvalue weighted by molar-refractivity contribution is 5.64. The molecule has 26 heavy (non-hydrogen) atoms. The van der Waals surface area contributed by atoms with Crippen LogP contribution in [0.5, 0.6) is 0 Å². The summed E-state index contributed by atoms with van der Waals surface area (Å²) in [4.78, 5) is 0. The fraction of sp³-hybridized carbons (Fsp3) is 0.478. The first-order valence-corrected chi connectivity index (χ1v) is 9.80. The quantitative estimate of drug-likeness (QED) is 0.506. The molecule has 2 aromatic carbocycles. The Hall–Kier alpha value is -1.77. The molecule has 0 bridgehead atoms. The van der Waals surface area contributed by atoms with Crippen LogP contribution in [-0.4, -0.2) is 0 Å². The van der Waals surface area contributed by atoms with Crippen molar-refractivity contribution in [3.8, 4) is 11.1 Å². The highest BCUT2D eigenvalue weighted by atomic mass is 19.2. The van der Waals surface area contributed by atoms with Crippen LogP contribution in [0.3, 0.4) is 0 Å². The van der Waals surface area contributed by atoms with E-state index in [1.165, 1.54) is 44.6 Å². The van der Waals surface area contributed by atoms with E-state index in [4.69, 9.17) is 0 Å². The van der Waals surface area contributed by atoms with E-state index in [-0.39, 0.29) is 5.82 Å². The summed E-state index contributed by atoms with van der Waals surface area (Å²) < 4.78 is 40.9. The lowest BCUT2D eigenvalue weighted by Crippen LogP contribution is -2.15. The Labute approximate surface area is 154 Å². The Kier molecular flexibility index (Phi) is 6.39. The summed E-state index contributed by atoms with van der Waals surface area (Å²) in [6.07, 6.45) is 9.85. The smallest absolute Gasteiger partial charge is 0.159 e. The van der Waals surface area contributed by atoms with Crippen molar-refractivity contribution in [1.29, 1.82) is 0 Å². The van der Waals surface area contributed by atoms with Crippen molar-refractivity contribution in [3.63, 3.8) is 0 Å². The van der Waals surface area contributed by atoms with Gasteiger partial charge in [0.2, 0.25) is 0 Å². The number of halogens is 3. The van der Waals surface area contributed by atoms with Crippen LogP contribution in [0.15, 0.2) is 36.4 Å². The summed E-state index contributed by atoms with van der Waals surface area (Å²) in [6.45, 7) is 2.25. The summed E-state index contributed by atoms with van der Waals surface area (Å²) in [5.41, 5.74) is 1.65. The van der Waals surface area contributed by atoms with Gasteiger partial charge in [-0.05, 0) is 54.0 Å². The zero-order chi connectivity index (χ0) is 18.5. The molecule has 3 heteroatoms. The number of rotatable bonds is 6. The average molecular weight is 360 g/mol. The standard InChI is InChI=1S/C23H27F3/c1-2-3-16-4-6-17(7-5-16)8-9-18-10-12-20(22(25)14-18)19-11-13-21(24)23(26)15-19/h10-17H,2-9H2,1H3/t16-,17-. The SMILES string of the molecule is CCC[C@H]1CC[C@H](CCc2ccc(-c3ccc(F)c(F)c3)c(F)c2)CC1. The van der Waals surface area contributed by atoms with E-state index < -0.39 is 11.6 Å². The van der Waals surface area contributed by atoms with Gasteiger partial charge in [-0.25, -0.2) is 13.2 Å². The van der Waals surface area contributed by atoms with Gasteiger partial charge in [-0.2, -0.15) is 0 Å². The molecule has 1 aliphatic rings. The zero-order valence-electron chi connectivity index (χ0n) is 15.4. The molecule has 0 spiro atoms. The van der Waals surface area contributed by atoms with Crippen molar-refractivity contribution in [3.05, 3.63) is 59.4 Å². The van der Waals surface area contributed by atoms with Crippen molar-refractivity contribution in [1.82, 2.24) is 0 Å². The summed E-state index contributed by atoms with van der Waals surface area (Å²) in [5, 5.41) is 0. The van der Waals surface area contributed by atoms with Crippen LogP contribution >= 0.6 is 0 Å². The van der Waals surface area contributed by atoms with Gasteiger partial charge in [0.15, 0.2) is 11.6 Å². The van der Waals surface area contributed by atoms with Crippen molar-refractivity contribution in [2.24, 2.45) is 11.8 Å². The van der Waals surface area contributed by atoms with Gasteiger partial charge in [0, 0.05) is 5.56 Å². The van der Waals surface area contributed by atoms with Gasteiger partial charge in [0.1, 0.15) is 5.82 Å². The van der Waals surface area contributed by atoms with Crippen LogP contribution in [0.25, 0.3) is 11.1 Å². The van der Waals surface area contributed by atoms with E-state index in [0.29, 0.717) is 11.1 Å². The molecule has 0 N–H and O–H groups in total. The zero-order valence-corrected chi connectivity index (χ0v) is 15.4. The molecule has 0 atom stereocenters. The fourth-order valence-corrected chi connectivity index (χ4v) is 4.20. The van der Waals surface area contributed by atoms with Crippen molar-refractivity contribution >= 4 is 0 Å². The van der Waals surface area contributed by atoms with Gasteiger partial charge in [-0.15, -0.1) is 0 Å². The van der Waals surface area contributed by atoms with E-state index >= 15 is 0 Å². The summed E-state index contributed by atoms with van der Waals surface area (Å²) in [6, 6.07) is 8.61. The Bertz CT molecular complexity index is 730. The van der Waals surface area contributed by atoms with E-state index in [2.05, 4.69) is 6.92 Å². The predicted molar refractivity (Wildman–Crippen MR) is 100 cm³/mol. The maximum Gasteiger partial charge on any atom is 0.159 e. The minimum Gasteiger partial charge on any atom is -0.206 e. The molecule has 2 aromatic rings. The monoisotopic (exact) mass is 360 g/mol. The van der Waals surface area contributed by atoms with Crippen LogP contribution < -0.4 is 0 Å². The largest absolute Gasteiger partial charge is 0.206 e. The third kappa shape index (κ3) is 4.69. The first-order chi connectivity index (χ1) is 12.6. The van der Waals surface area contributed by atoms with Crippen LogP contribution in [0.1, 0.15) is 57.4 Å². The third-order valence-electron chi connectivity index (χ3n) is 5.77. The molecule has 0 heterocycles. The fourth-order valence-electron chi connectivity index (χ4n) is 4.20. The lowest BCUT2D eigenvalue weighted by atomic mass is 9.78. The maximum absolute atomic E-state index is 14.5. The Morgan fingerprint density at radius 3 is 2.08 bits per heavy atom. The molecule has 140 valence electrons. The summed E-state index contributed by atoms with van der Waals surface area (Å²) in [7, 11) is 0. The van der Waals surface area contributed by atoms with Gasteiger partial charge >= 0.3 is 0 Å². The second kappa shape index (κ2) is 8.75. The second-order valence-electron chi connectivity index (χ2n) is 7.66. The minimum atomic E-state index is -0.954. The molecule has 0 radical (unpaired) electrons. The Balaban J connectivity index is 1.59. The number of benzene rings is 2. The van der Waals surface area contributed by atoms with E-state index in [9.17, 15) is 13.2 Å². The highest BCUT2D eigenvalue weighted by Crippen LogP contribution is 2.34. The molecular formula is C23H27F3. The molecule has 1 fully saturated rings. The minimum absolute atomic E-state index is 0.313. The number of hydrogen-bond donors (Lipinski definition) is 0. The average Bonchev–Trinajstić information content (AvgIpc) is 2.64. The normalized spacial score (nSPS) is 20.3. The summed E-state index contributed by atoms with van der Waals surface area (Å²) in [5.74, 6) is -0.592. The molecule has 1 aliphatic carbocycles. The summed E-state index contributed by atoms with van der Waals surface area (Å²) >= 11 is 0. The number of hydrogen-bond acceptors (Lipinski definition) is 0. The molecule has 0 aromatic heterocycles. The van der Waals surface area contributed by atoms with Crippen LogP contribution in [0.4, 0.5) is 13.2 Å². The Morgan fingerprint density at radius 1 is 0.769 bits per heavy atom. The number of aryl methyl sites for hydroxylation is 1. The molecule has 0 amide bonds. The van der Waals surface area contributed by atoms with Gasteiger partial charge in [0.05, 0.1) is 0 Å². The predicted octanol–water partition coefficient (Wildman–Crippen LogP) is 7.31. The molecule has 0 saturated heterocycles. The Morgan fingerprint density at radius 2 is 1.46 bits per heavy atom. The van der Waals surface area contributed by atoms with Crippen molar-refractivity contribution in [2.75, 3.05) is 0 Å². The van der Waals surface area contributed by atoms with Crippen molar-refractivity contribution < 1.29 is 13.2 Å². The molecule has 0 unspecified atom stereocenters. The van der Waals surface area contributed by atoms with E-state index in [1.807, 2.05) is 6.07 Å². The maximum atomic E-state index is 14.5. The lowest BCUT2D eigenvalue weighted by molar-refractivity contribution is 0.252. The van der Waals surface area contributed by atoms with Crippen LogP contribution in [0.2, 0.25) is 0 Å².